The maximum atomic E-state index is 4.71. The Morgan fingerprint density at radius 3 is 2.88 bits per heavy atom. The van der Waals surface area contributed by atoms with Crippen molar-refractivity contribution in [3.8, 4) is 0 Å². The van der Waals surface area contributed by atoms with Crippen LogP contribution in [0.5, 0.6) is 0 Å². The van der Waals surface area contributed by atoms with Crippen LogP contribution in [0.1, 0.15) is 23.0 Å². The second-order valence-corrected chi connectivity index (χ2v) is 5.81. The summed E-state index contributed by atoms with van der Waals surface area (Å²) in [4.78, 5) is 8.15. The molecule has 2 aromatic rings. The van der Waals surface area contributed by atoms with Gasteiger partial charge in [-0.2, -0.15) is 11.8 Å². The average molecular weight is 247 g/mol. The summed E-state index contributed by atoms with van der Waals surface area (Å²) in [5, 5.41) is 3.51. The normalized spacial score (nSPS) is 20.9. The van der Waals surface area contributed by atoms with Gasteiger partial charge in [-0.1, -0.05) is 0 Å². The summed E-state index contributed by atoms with van der Waals surface area (Å²) in [5.74, 6) is 3.39. The molecule has 0 saturated carbocycles. The molecule has 3 rings (SSSR count). The fourth-order valence-electron chi connectivity index (χ4n) is 2.20. The molecule has 2 N–H and O–H groups in total. The summed E-state index contributed by atoms with van der Waals surface area (Å²) in [6.07, 6.45) is 0. The van der Waals surface area contributed by atoms with Gasteiger partial charge in [-0.05, 0) is 37.1 Å². The maximum absolute atomic E-state index is 4.71. The number of nitrogens with one attached hydrogen (secondary N) is 2. The van der Waals surface area contributed by atoms with Crippen molar-refractivity contribution in [1.29, 1.82) is 0 Å². The highest BCUT2D eigenvalue weighted by Crippen LogP contribution is 2.23. The number of nitrogens with zero attached hydrogens (tertiary/aromatic N) is 1. The van der Waals surface area contributed by atoms with E-state index < -0.39 is 0 Å². The van der Waals surface area contributed by atoms with Gasteiger partial charge in [0.15, 0.2) is 0 Å². The van der Waals surface area contributed by atoms with Crippen LogP contribution in [0.4, 0.5) is 0 Å². The second kappa shape index (κ2) is 4.35. The fraction of sp³-hybridized carbons (Fsp3) is 0.462. The van der Waals surface area contributed by atoms with Crippen LogP contribution in [0.25, 0.3) is 11.0 Å². The number of thioether (sulfide) groups is 1. The van der Waals surface area contributed by atoms with Crippen molar-refractivity contribution in [3.63, 3.8) is 0 Å². The zero-order valence-corrected chi connectivity index (χ0v) is 11.0. The first kappa shape index (κ1) is 11.1. The van der Waals surface area contributed by atoms with Crippen molar-refractivity contribution in [2.45, 2.75) is 19.9 Å². The summed E-state index contributed by atoms with van der Waals surface area (Å²) in [7, 11) is 0. The predicted octanol–water partition coefficient (Wildman–Crippen LogP) is 2.56. The molecule has 90 valence electrons. The van der Waals surface area contributed by atoms with Gasteiger partial charge in [0.1, 0.15) is 5.82 Å². The molecule has 0 spiro atoms. The fourth-order valence-corrected chi connectivity index (χ4v) is 3.14. The second-order valence-electron chi connectivity index (χ2n) is 4.66. The summed E-state index contributed by atoms with van der Waals surface area (Å²) < 4.78 is 0. The minimum atomic E-state index is 0.377. The van der Waals surface area contributed by atoms with E-state index in [1.807, 2.05) is 11.8 Å². The first-order valence-electron chi connectivity index (χ1n) is 6.02. The van der Waals surface area contributed by atoms with E-state index in [1.54, 1.807) is 0 Å². The summed E-state index contributed by atoms with van der Waals surface area (Å²) in [6.45, 7) is 5.35. The molecule has 1 unspecified atom stereocenters. The summed E-state index contributed by atoms with van der Waals surface area (Å²) >= 11 is 1.99. The SMILES string of the molecule is Cc1cc2nc(C3CSCCN3)[nH]c2cc1C. The first-order valence-corrected chi connectivity index (χ1v) is 7.17. The molecular formula is C13H17N3S. The van der Waals surface area contributed by atoms with Crippen LogP contribution in [0.2, 0.25) is 0 Å². The van der Waals surface area contributed by atoms with Crippen LogP contribution in [0.3, 0.4) is 0 Å². The molecule has 0 amide bonds. The molecule has 2 heterocycles. The van der Waals surface area contributed by atoms with Crippen LogP contribution in [0, 0.1) is 13.8 Å². The molecule has 1 aliphatic rings. The molecule has 1 aromatic carbocycles. The summed E-state index contributed by atoms with van der Waals surface area (Å²) in [6, 6.07) is 4.74. The van der Waals surface area contributed by atoms with E-state index in [-0.39, 0.29) is 0 Å². The number of aryl methyl sites for hydroxylation is 2. The number of aromatic amines is 1. The molecule has 0 radical (unpaired) electrons. The molecule has 1 fully saturated rings. The number of benzene rings is 1. The van der Waals surface area contributed by atoms with Gasteiger partial charge in [-0.15, -0.1) is 0 Å². The van der Waals surface area contributed by atoms with Gasteiger partial charge >= 0.3 is 0 Å². The Balaban J connectivity index is 2.00. The Labute approximate surface area is 105 Å². The number of rotatable bonds is 1. The van der Waals surface area contributed by atoms with Gasteiger partial charge in [-0.25, -0.2) is 4.98 Å². The minimum Gasteiger partial charge on any atom is -0.341 e. The van der Waals surface area contributed by atoms with Crippen molar-refractivity contribution in [2.24, 2.45) is 0 Å². The molecule has 17 heavy (non-hydrogen) atoms. The summed E-state index contributed by atoms with van der Waals surface area (Å²) in [5.41, 5.74) is 4.86. The zero-order valence-electron chi connectivity index (χ0n) is 10.2. The van der Waals surface area contributed by atoms with E-state index in [4.69, 9.17) is 4.98 Å². The molecule has 3 nitrogen and oxygen atoms in total. The quantitative estimate of drug-likeness (QED) is 0.813. The van der Waals surface area contributed by atoms with E-state index in [2.05, 4.69) is 36.3 Å². The number of imidazole rings is 1. The van der Waals surface area contributed by atoms with Crippen LogP contribution in [-0.2, 0) is 0 Å². The van der Waals surface area contributed by atoms with Gasteiger partial charge in [0.25, 0.3) is 0 Å². The number of fused-ring (bicyclic) bond motifs is 1. The predicted molar refractivity (Wildman–Crippen MR) is 73.6 cm³/mol. The minimum absolute atomic E-state index is 0.377. The van der Waals surface area contributed by atoms with Gasteiger partial charge in [-0.3, -0.25) is 0 Å². The van der Waals surface area contributed by atoms with Gasteiger partial charge in [0, 0.05) is 18.1 Å². The van der Waals surface area contributed by atoms with Crippen LogP contribution >= 0.6 is 11.8 Å². The Morgan fingerprint density at radius 2 is 2.12 bits per heavy atom. The number of aromatic nitrogens is 2. The lowest BCUT2D eigenvalue weighted by Crippen LogP contribution is -2.30. The van der Waals surface area contributed by atoms with Crippen molar-refractivity contribution in [1.82, 2.24) is 15.3 Å². The lowest BCUT2D eigenvalue weighted by atomic mass is 10.1. The largest absolute Gasteiger partial charge is 0.341 e. The molecule has 0 aliphatic carbocycles. The van der Waals surface area contributed by atoms with Crippen LogP contribution in [0.15, 0.2) is 12.1 Å². The lowest BCUT2D eigenvalue weighted by molar-refractivity contribution is 0.571. The third kappa shape index (κ3) is 2.07. The lowest BCUT2D eigenvalue weighted by Gasteiger charge is -2.20. The van der Waals surface area contributed by atoms with E-state index in [9.17, 15) is 0 Å². The van der Waals surface area contributed by atoms with Crippen LogP contribution < -0.4 is 5.32 Å². The Hall–Kier alpha value is -1.00. The topological polar surface area (TPSA) is 40.7 Å². The van der Waals surface area contributed by atoms with E-state index in [1.165, 1.54) is 16.9 Å². The van der Waals surface area contributed by atoms with E-state index >= 15 is 0 Å². The molecule has 1 aromatic heterocycles. The third-order valence-electron chi connectivity index (χ3n) is 3.37. The number of hydrogen-bond donors (Lipinski definition) is 2. The van der Waals surface area contributed by atoms with Gasteiger partial charge in [0.05, 0.1) is 17.1 Å². The highest BCUT2D eigenvalue weighted by Gasteiger charge is 2.18. The van der Waals surface area contributed by atoms with Crippen LogP contribution in [-0.4, -0.2) is 28.0 Å². The van der Waals surface area contributed by atoms with E-state index in [0.29, 0.717) is 6.04 Å². The van der Waals surface area contributed by atoms with Gasteiger partial charge < -0.3 is 10.3 Å². The van der Waals surface area contributed by atoms with Crippen molar-refractivity contribution < 1.29 is 0 Å². The number of hydrogen-bond acceptors (Lipinski definition) is 3. The molecule has 1 atom stereocenters. The molecule has 1 saturated heterocycles. The third-order valence-corrected chi connectivity index (χ3v) is 4.43. The standard InChI is InChI=1S/C13H17N3S/c1-8-5-10-11(6-9(8)2)16-13(15-10)12-7-17-4-3-14-12/h5-6,12,14H,3-4,7H2,1-2H3,(H,15,16). The molecule has 4 heteroatoms. The van der Waals surface area contributed by atoms with E-state index in [0.717, 1.165) is 29.2 Å². The molecule has 1 aliphatic heterocycles. The Kier molecular flexibility index (Phi) is 2.84. The maximum Gasteiger partial charge on any atom is 0.125 e. The van der Waals surface area contributed by atoms with Gasteiger partial charge in [0.2, 0.25) is 0 Å². The van der Waals surface area contributed by atoms with Crippen molar-refractivity contribution in [2.75, 3.05) is 18.1 Å². The highest BCUT2D eigenvalue weighted by molar-refractivity contribution is 7.99. The van der Waals surface area contributed by atoms with Crippen molar-refractivity contribution in [3.05, 3.63) is 29.1 Å². The molecular weight excluding hydrogens is 230 g/mol. The number of H-pyrrole nitrogens is 1. The average Bonchev–Trinajstić information content (AvgIpc) is 2.74. The molecule has 0 bridgehead atoms. The Morgan fingerprint density at radius 1 is 1.29 bits per heavy atom. The first-order chi connectivity index (χ1) is 8.24. The smallest absolute Gasteiger partial charge is 0.125 e. The highest BCUT2D eigenvalue weighted by atomic mass is 32.2. The monoisotopic (exact) mass is 247 g/mol. The Bertz CT molecular complexity index is 502. The zero-order chi connectivity index (χ0) is 11.8. The van der Waals surface area contributed by atoms with Crippen molar-refractivity contribution >= 4 is 22.8 Å².